The molecule has 0 aliphatic rings. The van der Waals surface area contributed by atoms with E-state index in [1.54, 1.807) is 24.3 Å². The summed E-state index contributed by atoms with van der Waals surface area (Å²) in [7, 11) is 0. The Labute approximate surface area is 130 Å². The largest absolute Gasteiger partial charge is 0.350 e. The van der Waals surface area contributed by atoms with E-state index in [-0.39, 0.29) is 0 Å². The highest BCUT2D eigenvalue weighted by Gasteiger charge is 2.27. The molecular formula is C14H5BrF4N2O. The first kappa shape index (κ1) is 16.0. The van der Waals surface area contributed by atoms with E-state index in [9.17, 15) is 17.6 Å². The lowest BCUT2D eigenvalue weighted by Crippen LogP contribution is -2.04. The maximum atomic E-state index is 13.5. The number of oxime groups is 1. The van der Waals surface area contributed by atoms with Gasteiger partial charge in [0, 0.05) is 4.47 Å². The van der Waals surface area contributed by atoms with Gasteiger partial charge in [0.2, 0.25) is 17.4 Å². The average molecular weight is 373 g/mol. The number of hydrogen-bond donors (Lipinski definition) is 0. The van der Waals surface area contributed by atoms with Gasteiger partial charge in [-0.05, 0) is 17.7 Å². The van der Waals surface area contributed by atoms with Crippen LogP contribution in [0.3, 0.4) is 0 Å². The molecule has 3 nitrogen and oxygen atoms in total. The van der Waals surface area contributed by atoms with Gasteiger partial charge in [0.15, 0.2) is 11.6 Å². The van der Waals surface area contributed by atoms with Crippen LogP contribution < -0.4 is 4.84 Å². The molecule has 0 aromatic heterocycles. The molecule has 2 aromatic rings. The summed E-state index contributed by atoms with van der Waals surface area (Å²) in [5, 5.41) is 11.7. The Hall–Kier alpha value is -2.40. The summed E-state index contributed by atoms with van der Waals surface area (Å²) in [6, 6.07) is 7.63. The van der Waals surface area contributed by atoms with Gasteiger partial charge in [0.1, 0.15) is 11.6 Å². The highest BCUT2D eigenvalue weighted by Crippen LogP contribution is 2.29. The molecule has 0 aliphatic carbocycles. The number of rotatable bonds is 3. The van der Waals surface area contributed by atoms with Crippen molar-refractivity contribution in [3.63, 3.8) is 0 Å². The zero-order valence-corrected chi connectivity index (χ0v) is 12.2. The third-order valence-electron chi connectivity index (χ3n) is 2.55. The maximum Gasteiger partial charge on any atom is 0.235 e. The van der Waals surface area contributed by atoms with Crippen LogP contribution in [0.25, 0.3) is 0 Å². The number of halogens is 5. The van der Waals surface area contributed by atoms with Gasteiger partial charge in [-0.25, -0.2) is 8.78 Å². The third-order valence-corrected chi connectivity index (χ3v) is 3.08. The van der Waals surface area contributed by atoms with Gasteiger partial charge in [-0.15, -0.1) is 0 Å². The van der Waals surface area contributed by atoms with Crippen molar-refractivity contribution in [2.75, 3.05) is 0 Å². The number of nitriles is 1. The van der Waals surface area contributed by atoms with Gasteiger partial charge in [0.05, 0.1) is 6.21 Å². The second-order valence-electron chi connectivity index (χ2n) is 3.95. The fourth-order valence-electron chi connectivity index (χ4n) is 1.48. The van der Waals surface area contributed by atoms with Gasteiger partial charge in [-0.1, -0.05) is 33.2 Å². The van der Waals surface area contributed by atoms with Crippen molar-refractivity contribution < 1.29 is 22.4 Å². The molecule has 0 saturated carbocycles. The van der Waals surface area contributed by atoms with Gasteiger partial charge in [-0.2, -0.15) is 14.0 Å². The maximum absolute atomic E-state index is 13.5. The van der Waals surface area contributed by atoms with E-state index in [0.717, 1.165) is 16.8 Å². The van der Waals surface area contributed by atoms with E-state index in [1.807, 2.05) is 0 Å². The predicted octanol–water partition coefficient (Wildman–Crippen LogP) is 4.29. The molecule has 0 fully saturated rings. The molecule has 0 saturated heterocycles. The number of benzene rings is 2. The molecule has 8 heteroatoms. The quantitative estimate of drug-likeness (QED) is 0.349. The van der Waals surface area contributed by atoms with E-state index >= 15 is 0 Å². The fraction of sp³-hybridized carbons (Fsp3) is 0. The molecule has 0 unspecified atom stereocenters. The summed E-state index contributed by atoms with van der Waals surface area (Å²) in [5.41, 5.74) is -0.835. The molecule has 22 heavy (non-hydrogen) atoms. The van der Waals surface area contributed by atoms with Gasteiger partial charge >= 0.3 is 0 Å². The Balaban J connectivity index is 2.31. The van der Waals surface area contributed by atoms with Crippen molar-refractivity contribution in [1.29, 1.82) is 5.26 Å². The SMILES string of the molecule is N#Cc1c(F)c(F)c(O/N=C/c2ccc(Br)cc2)c(F)c1F. The Morgan fingerprint density at radius 2 is 1.55 bits per heavy atom. The van der Waals surface area contributed by atoms with Crippen LogP contribution in [0.15, 0.2) is 33.9 Å². The van der Waals surface area contributed by atoms with Crippen LogP contribution >= 0.6 is 15.9 Å². The zero-order chi connectivity index (χ0) is 16.3. The smallest absolute Gasteiger partial charge is 0.235 e. The second-order valence-corrected chi connectivity index (χ2v) is 4.86. The van der Waals surface area contributed by atoms with Crippen molar-refractivity contribution in [3.05, 3.63) is 63.1 Å². The van der Waals surface area contributed by atoms with Crippen LogP contribution in [0.1, 0.15) is 11.1 Å². The minimum Gasteiger partial charge on any atom is -0.350 e. The minimum atomic E-state index is -1.84. The van der Waals surface area contributed by atoms with Crippen molar-refractivity contribution in [2.45, 2.75) is 0 Å². The molecular weight excluding hydrogens is 368 g/mol. The lowest BCUT2D eigenvalue weighted by molar-refractivity contribution is 0.287. The van der Waals surface area contributed by atoms with Crippen LogP contribution in [0.4, 0.5) is 17.6 Å². The molecule has 0 spiro atoms. The third kappa shape index (κ3) is 3.09. The van der Waals surface area contributed by atoms with Crippen LogP contribution in [0.5, 0.6) is 5.75 Å². The van der Waals surface area contributed by atoms with Gasteiger partial charge in [0.25, 0.3) is 0 Å². The molecule has 0 heterocycles. The first-order chi connectivity index (χ1) is 10.5. The molecule has 0 amide bonds. The highest BCUT2D eigenvalue weighted by atomic mass is 79.9. The Morgan fingerprint density at radius 3 is 2.05 bits per heavy atom. The first-order valence-corrected chi connectivity index (χ1v) is 6.47. The average Bonchev–Trinajstić information content (AvgIpc) is 2.51. The predicted molar refractivity (Wildman–Crippen MR) is 73.4 cm³/mol. The lowest BCUT2D eigenvalue weighted by Gasteiger charge is -2.05. The highest BCUT2D eigenvalue weighted by molar-refractivity contribution is 9.10. The number of hydrogen-bond acceptors (Lipinski definition) is 3. The Bertz CT molecular complexity index is 756. The molecule has 2 rings (SSSR count). The van der Waals surface area contributed by atoms with E-state index in [0.29, 0.717) is 5.56 Å². The summed E-state index contributed by atoms with van der Waals surface area (Å²) in [5.74, 6) is -8.69. The van der Waals surface area contributed by atoms with Crippen LogP contribution in [-0.4, -0.2) is 6.21 Å². The van der Waals surface area contributed by atoms with Gasteiger partial charge in [-0.3, -0.25) is 0 Å². The van der Waals surface area contributed by atoms with Crippen LogP contribution in [0.2, 0.25) is 0 Å². The second kappa shape index (κ2) is 6.58. The lowest BCUT2D eigenvalue weighted by atomic mass is 10.2. The fourth-order valence-corrected chi connectivity index (χ4v) is 1.74. The molecule has 0 aliphatic heterocycles. The summed E-state index contributed by atoms with van der Waals surface area (Å²) >= 11 is 3.21. The van der Waals surface area contributed by atoms with E-state index in [4.69, 9.17) is 5.26 Å². The topological polar surface area (TPSA) is 45.4 Å². The molecule has 2 aromatic carbocycles. The van der Waals surface area contributed by atoms with Crippen molar-refractivity contribution >= 4 is 22.1 Å². The van der Waals surface area contributed by atoms with Crippen LogP contribution in [0, 0.1) is 34.6 Å². The monoisotopic (exact) mass is 372 g/mol. The van der Waals surface area contributed by atoms with Crippen molar-refractivity contribution in [3.8, 4) is 11.8 Å². The Morgan fingerprint density at radius 1 is 1.00 bits per heavy atom. The summed E-state index contributed by atoms with van der Waals surface area (Å²) in [6.45, 7) is 0. The number of nitrogens with zero attached hydrogens (tertiary/aromatic N) is 2. The van der Waals surface area contributed by atoms with E-state index in [1.165, 1.54) is 0 Å². The van der Waals surface area contributed by atoms with Crippen molar-refractivity contribution in [1.82, 2.24) is 0 Å². The van der Waals surface area contributed by atoms with Crippen molar-refractivity contribution in [2.24, 2.45) is 5.16 Å². The summed E-state index contributed by atoms with van der Waals surface area (Å²) < 4.78 is 54.6. The summed E-state index contributed by atoms with van der Waals surface area (Å²) in [4.78, 5) is 4.38. The Kier molecular flexibility index (Phi) is 4.78. The normalized spacial score (nSPS) is 10.7. The zero-order valence-electron chi connectivity index (χ0n) is 10.6. The first-order valence-electron chi connectivity index (χ1n) is 5.67. The standard InChI is InChI=1S/C14H5BrF4N2O/c15-8-3-1-7(2-4-8)6-21-22-14-12(18)10(16)9(5-20)11(17)13(14)19/h1-4,6H/b21-6+. The summed E-state index contributed by atoms with van der Waals surface area (Å²) in [6.07, 6.45) is 1.10. The molecule has 0 atom stereocenters. The van der Waals surface area contributed by atoms with E-state index < -0.39 is 34.6 Å². The van der Waals surface area contributed by atoms with E-state index in [2.05, 4.69) is 25.9 Å². The van der Waals surface area contributed by atoms with Gasteiger partial charge < -0.3 is 4.84 Å². The minimum absolute atomic E-state index is 0.526. The molecule has 0 radical (unpaired) electrons. The molecule has 0 N–H and O–H groups in total. The molecule has 112 valence electrons. The molecule has 0 bridgehead atoms. The van der Waals surface area contributed by atoms with Crippen LogP contribution in [-0.2, 0) is 0 Å².